The Labute approximate surface area is 89.0 Å². The van der Waals surface area contributed by atoms with E-state index in [0.29, 0.717) is 11.1 Å². The molecule has 80 valence electrons. The number of aliphatic hydroxyl groups excluding tert-OH is 1. The maximum atomic E-state index is 11.4. The van der Waals surface area contributed by atoms with Gasteiger partial charge in [0.2, 0.25) is 0 Å². The van der Waals surface area contributed by atoms with Crippen molar-refractivity contribution < 1.29 is 14.6 Å². The molecule has 0 heterocycles. The maximum Gasteiger partial charge on any atom is 0.338 e. The Morgan fingerprint density at radius 1 is 1.53 bits per heavy atom. The normalized spacial score (nSPS) is 10.6. The molecule has 1 rings (SSSR count). The van der Waals surface area contributed by atoms with Gasteiger partial charge in [-0.3, -0.25) is 0 Å². The summed E-state index contributed by atoms with van der Waals surface area (Å²) in [5.74, 6) is -0.390. The van der Waals surface area contributed by atoms with E-state index in [1.165, 1.54) is 7.11 Å². The first-order chi connectivity index (χ1) is 7.24. The predicted molar refractivity (Wildman–Crippen MR) is 58.4 cm³/mol. The molecule has 0 fully saturated rings. The number of hydrogen-bond acceptors (Lipinski definition) is 3. The average molecular weight is 206 g/mol. The number of carbonyl (C=O) groups is 1. The predicted octanol–water partition coefficient (Wildman–Crippen LogP) is 2.00. The molecule has 0 aromatic heterocycles. The van der Waals surface area contributed by atoms with E-state index in [9.17, 15) is 4.79 Å². The first-order valence-electron chi connectivity index (χ1n) is 4.68. The fraction of sp³-hybridized carbons (Fsp3) is 0.250. The molecule has 0 atom stereocenters. The first-order valence-corrected chi connectivity index (χ1v) is 4.68. The van der Waals surface area contributed by atoms with Gasteiger partial charge in [0, 0.05) is 0 Å². The van der Waals surface area contributed by atoms with Gasteiger partial charge >= 0.3 is 5.97 Å². The van der Waals surface area contributed by atoms with E-state index >= 15 is 0 Å². The lowest BCUT2D eigenvalue weighted by Gasteiger charge is -2.08. The molecule has 0 amide bonds. The zero-order chi connectivity index (χ0) is 11.3. The molecule has 0 bridgehead atoms. The summed E-state index contributed by atoms with van der Waals surface area (Å²) in [5.41, 5.74) is 1.91. The molecule has 1 aromatic rings. The van der Waals surface area contributed by atoms with E-state index in [1.807, 2.05) is 13.0 Å². The highest BCUT2D eigenvalue weighted by atomic mass is 16.5. The third-order valence-electron chi connectivity index (χ3n) is 2.11. The molecule has 0 aliphatic carbocycles. The lowest BCUT2D eigenvalue weighted by Crippen LogP contribution is -2.05. The van der Waals surface area contributed by atoms with Crippen LogP contribution < -0.4 is 0 Å². The Morgan fingerprint density at radius 3 is 2.80 bits per heavy atom. The fourth-order valence-electron chi connectivity index (χ4n) is 1.40. The van der Waals surface area contributed by atoms with Crippen molar-refractivity contribution in [3.8, 4) is 0 Å². The molecule has 3 heteroatoms. The number of hydrogen-bond donors (Lipinski definition) is 1. The first kappa shape index (κ1) is 11.5. The quantitative estimate of drug-likeness (QED) is 0.769. The molecular weight excluding hydrogens is 192 g/mol. The van der Waals surface area contributed by atoms with Gasteiger partial charge in [-0.1, -0.05) is 24.3 Å². The van der Waals surface area contributed by atoms with Crippen molar-refractivity contribution in [3.05, 3.63) is 41.0 Å². The topological polar surface area (TPSA) is 46.5 Å². The van der Waals surface area contributed by atoms with Gasteiger partial charge in [0.1, 0.15) is 0 Å². The van der Waals surface area contributed by atoms with Crippen molar-refractivity contribution in [2.75, 3.05) is 7.11 Å². The lowest BCUT2D eigenvalue weighted by atomic mass is 10.0. The number of esters is 1. The van der Waals surface area contributed by atoms with Crippen LogP contribution >= 0.6 is 0 Å². The number of carbonyl (C=O) groups excluding carboxylic acids is 1. The van der Waals surface area contributed by atoms with Gasteiger partial charge in [-0.2, -0.15) is 0 Å². The minimum absolute atomic E-state index is 0.0928. The number of aliphatic hydroxyl groups is 1. The molecule has 0 radical (unpaired) electrons. The number of rotatable bonds is 3. The van der Waals surface area contributed by atoms with Crippen LogP contribution in [0.1, 0.15) is 28.4 Å². The second-order valence-corrected chi connectivity index (χ2v) is 3.03. The lowest BCUT2D eigenvalue weighted by molar-refractivity contribution is 0.0600. The van der Waals surface area contributed by atoms with Crippen molar-refractivity contribution >= 4 is 12.0 Å². The molecule has 0 unspecified atom stereocenters. The fourth-order valence-corrected chi connectivity index (χ4v) is 1.40. The van der Waals surface area contributed by atoms with Crippen LogP contribution in [0, 0.1) is 0 Å². The summed E-state index contributed by atoms with van der Waals surface area (Å²) in [7, 11) is 1.34. The second-order valence-electron chi connectivity index (χ2n) is 3.03. The molecular formula is C12H14O3. The van der Waals surface area contributed by atoms with E-state index in [1.54, 1.807) is 24.3 Å². The van der Waals surface area contributed by atoms with Crippen molar-refractivity contribution in [3.63, 3.8) is 0 Å². The molecule has 0 saturated carbocycles. The third kappa shape index (κ3) is 2.44. The molecule has 0 spiro atoms. The van der Waals surface area contributed by atoms with E-state index < -0.39 is 5.97 Å². The van der Waals surface area contributed by atoms with Crippen LogP contribution in [0.3, 0.4) is 0 Å². The summed E-state index contributed by atoms with van der Waals surface area (Å²) in [4.78, 5) is 11.4. The Hall–Kier alpha value is -1.61. The van der Waals surface area contributed by atoms with Crippen molar-refractivity contribution in [1.82, 2.24) is 0 Å². The summed E-state index contributed by atoms with van der Waals surface area (Å²) in [6.45, 7) is 1.76. The van der Waals surface area contributed by atoms with Crippen molar-refractivity contribution in [1.29, 1.82) is 0 Å². The van der Waals surface area contributed by atoms with Gasteiger partial charge in [0.15, 0.2) is 0 Å². The smallest absolute Gasteiger partial charge is 0.338 e. The van der Waals surface area contributed by atoms with E-state index in [-0.39, 0.29) is 6.61 Å². The summed E-state index contributed by atoms with van der Waals surface area (Å²) in [6.07, 6.45) is 3.61. The van der Waals surface area contributed by atoms with Crippen LogP contribution in [0.5, 0.6) is 0 Å². The minimum Gasteiger partial charge on any atom is -0.465 e. The molecule has 1 aromatic carbocycles. The molecule has 15 heavy (non-hydrogen) atoms. The van der Waals surface area contributed by atoms with Gasteiger partial charge in [-0.15, -0.1) is 0 Å². The Morgan fingerprint density at radius 2 is 2.27 bits per heavy atom. The molecule has 0 aliphatic heterocycles. The molecule has 1 N–H and O–H groups in total. The Kier molecular flexibility index (Phi) is 4.06. The minimum atomic E-state index is -0.390. The summed E-state index contributed by atoms with van der Waals surface area (Å²) in [6, 6.07) is 5.19. The van der Waals surface area contributed by atoms with Gasteiger partial charge < -0.3 is 9.84 Å². The molecule has 3 nitrogen and oxygen atoms in total. The molecule has 0 aliphatic rings. The van der Waals surface area contributed by atoms with Gasteiger partial charge in [0.05, 0.1) is 19.3 Å². The van der Waals surface area contributed by atoms with Crippen LogP contribution in [0.25, 0.3) is 6.08 Å². The summed E-state index contributed by atoms with van der Waals surface area (Å²) < 4.78 is 4.67. The number of methoxy groups -OCH3 is 1. The zero-order valence-electron chi connectivity index (χ0n) is 8.86. The highest BCUT2D eigenvalue weighted by Gasteiger charge is 2.12. The summed E-state index contributed by atoms with van der Waals surface area (Å²) >= 11 is 0. The van der Waals surface area contributed by atoms with Crippen LogP contribution in [-0.2, 0) is 11.3 Å². The van der Waals surface area contributed by atoms with Gasteiger partial charge in [-0.25, -0.2) is 4.79 Å². The Balaban J connectivity index is 3.31. The van der Waals surface area contributed by atoms with E-state index in [4.69, 9.17) is 5.11 Å². The third-order valence-corrected chi connectivity index (χ3v) is 2.11. The summed E-state index contributed by atoms with van der Waals surface area (Å²) in [5, 5.41) is 9.14. The van der Waals surface area contributed by atoms with Gasteiger partial charge in [0.25, 0.3) is 0 Å². The van der Waals surface area contributed by atoms with Crippen LogP contribution in [-0.4, -0.2) is 18.2 Å². The number of ether oxygens (including phenoxy) is 1. The number of benzene rings is 1. The highest BCUT2D eigenvalue weighted by Crippen LogP contribution is 2.17. The van der Waals surface area contributed by atoms with Crippen LogP contribution in [0.2, 0.25) is 0 Å². The van der Waals surface area contributed by atoms with Crippen LogP contribution in [0.15, 0.2) is 24.3 Å². The van der Waals surface area contributed by atoms with Crippen molar-refractivity contribution in [2.24, 2.45) is 0 Å². The maximum absolute atomic E-state index is 11.4. The average Bonchev–Trinajstić information content (AvgIpc) is 2.28. The molecule has 0 saturated heterocycles. The van der Waals surface area contributed by atoms with Crippen molar-refractivity contribution in [2.45, 2.75) is 13.5 Å². The standard InChI is InChI=1S/C12H14O3/c1-3-5-10-9(8-13)6-4-7-11(10)12(14)15-2/h3-7,13H,8H2,1-2H3. The van der Waals surface area contributed by atoms with E-state index in [0.717, 1.165) is 5.56 Å². The second kappa shape index (κ2) is 5.32. The SMILES string of the molecule is CC=Cc1c(CO)cccc1C(=O)OC. The zero-order valence-corrected chi connectivity index (χ0v) is 8.86. The Bertz CT molecular complexity index is 380. The van der Waals surface area contributed by atoms with Crippen LogP contribution in [0.4, 0.5) is 0 Å². The van der Waals surface area contributed by atoms with Gasteiger partial charge in [-0.05, 0) is 24.1 Å². The monoisotopic (exact) mass is 206 g/mol. The number of allylic oxidation sites excluding steroid dienone is 1. The van der Waals surface area contributed by atoms with E-state index in [2.05, 4.69) is 4.74 Å². The highest BCUT2D eigenvalue weighted by molar-refractivity contribution is 5.94. The largest absolute Gasteiger partial charge is 0.465 e.